The summed E-state index contributed by atoms with van der Waals surface area (Å²) in [5, 5.41) is 1.62. The minimum atomic E-state index is -0.534. The highest BCUT2D eigenvalue weighted by Crippen LogP contribution is 2.32. The Bertz CT molecular complexity index is 590. The van der Waals surface area contributed by atoms with Gasteiger partial charge in [-0.2, -0.15) is 0 Å². The Hall–Kier alpha value is -1.59. The number of rotatable bonds is 2. The number of nitrogens with two attached hydrogens (primary N) is 1. The number of anilines is 1. The van der Waals surface area contributed by atoms with Crippen LogP contribution in [0.4, 0.5) is 5.00 Å². The normalized spacial score (nSPS) is 10.4. The molecule has 0 aliphatic heterocycles. The van der Waals surface area contributed by atoms with Gasteiger partial charge >= 0.3 is 5.97 Å². The number of carbonyl (C=O) groups excluding carboxylic acids is 1. The van der Waals surface area contributed by atoms with Gasteiger partial charge in [-0.05, 0) is 30.7 Å². The van der Waals surface area contributed by atoms with Crippen molar-refractivity contribution in [1.29, 1.82) is 0 Å². The molecule has 0 unspecified atom stereocenters. The third kappa shape index (κ3) is 2.47. The number of benzene rings is 1. The Labute approximate surface area is 113 Å². The van der Waals surface area contributed by atoms with Gasteiger partial charge in [0.25, 0.3) is 0 Å². The Balaban J connectivity index is 2.48. The van der Waals surface area contributed by atoms with Crippen molar-refractivity contribution in [3.05, 3.63) is 34.5 Å². The van der Waals surface area contributed by atoms with Gasteiger partial charge in [0.2, 0.25) is 0 Å². The molecule has 6 heteroatoms. The van der Waals surface area contributed by atoms with Crippen LogP contribution in [0.5, 0.6) is 0 Å². The number of esters is 1. The summed E-state index contributed by atoms with van der Waals surface area (Å²) in [6.07, 6.45) is 0. The fourth-order valence-electron chi connectivity index (χ4n) is 1.56. The van der Waals surface area contributed by atoms with Crippen LogP contribution in [0.3, 0.4) is 0 Å². The number of thiazole rings is 1. The number of aromatic nitrogens is 1. The van der Waals surface area contributed by atoms with Gasteiger partial charge in [0.15, 0.2) is 5.69 Å². The average Bonchev–Trinajstić information content (AvgIpc) is 2.69. The maximum Gasteiger partial charge on any atom is 0.359 e. The van der Waals surface area contributed by atoms with Gasteiger partial charge in [-0.1, -0.05) is 22.9 Å². The molecular weight excluding hydrogens is 272 g/mol. The van der Waals surface area contributed by atoms with Crippen molar-refractivity contribution in [3.8, 4) is 10.6 Å². The summed E-state index contributed by atoms with van der Waals surface area (Å²) < 4.78 is 4.61. The van der Waals surface area contributed by atoms with E-state index in [0.717, 1.165) is 11.1 Å². The van der Waals surface area contributed by atoms with E-state index >= 15 is 0 Å². The zero-order chi connectivity index (χ0) is 13.3. The first-order chi connectivity index (χ1) is 8.51. The fraction of sp³-hybridized carbons (Fsp3) is 0.167. The van der Waals surface area contributed by atoms with E-state index in [-0.39, 0.29) is 5.69 Å². The fourth-order valence-corrected chi connectivity index (χ4v) is 2.65. The van der Waals surface area contributed by atoms with Gasteiger partial charge in [-0.25, -0.2) is 9.78 Å². The van der Waals surface area contributed by atoms with E-state index in [2.05, 4.69) is 9.72 Å². The predicted molar refractivity (Wildman–Crippen MR) is 73.0 cm³/mol. The van der Waals surface area contributed by atoms with Crippen LogP contribution in [0.25, 0.3) is 10.6 Å². The summed E-state index contributed by atoms with van der Waals surface area (Å²) in [5.41, 5.74) is 7.76. The Morgan fingerprint density at radius 3 is 2.78 bits per heavy atom. The highest BCUT2D eigenvalue weighted by Gasteiger charge is 2.17. The van der Waals surface area contributed by atoms with Crippen molar-refractivity contribution < 1.29 is 9.53 Å². The molecule has 0 radical (unpaired) electrons. The monoisotopic (exact) mass is 282 g/mol. The second-order valence-corrected chi connectivity index (χ2v) is 5.21. The predicted octanol–water partition coefficient (Wildman–Crippen LogP) is 3.14. The van der Waals surface area contributed by atoms with Crippen LogP contribution in [0.2, 0.25) is 5.02 Å². The van der Waals surface area contributed by atoms with Crippen LogP contribution < -0.4 is 5.73 Å². The second kappa shape index (κ2) is 4.96. The van der Waals surface area contributed by atoms with Crippen LogP contribution in [-0.4, -0.2) is 18.1 Å². The molecule has 0 aliphatic carbocycles. The van der Waals surface area contributed by atoms with Gasteiger partial charge in [0.05, 0.1) is 7.11 Å². The largest absolute Gasteiger partial charge is 0.464 e. The lowest BCUT2D eigenvalue weighted by Crippen LogP contribution is -2.04. The lowest BCUT2D eigenvalue weighted by atomic mass is 10.1. The molecule has 0 amide bonds. The van der Waals surface area contributed by atoms with E-state index in [9.17, 15) is 4.79 Å². The van der Waals surface area contributed by atoms with Crippen LogP contribution in [0, 0.1) is 6.92 Å². The second-order valence-electron chi connectivity index (χ2n) is 3.74. The average molecular weight is 283 g/mol. The molecule has 2 N–H and O–H groups in total. The molecule has 1 aromatic heterocycles. The lowest BCUT2D eigenvalue weighted by Gasteiger charge is -1.99. The van der Waals surface area contributed by atoms with Crippen molar-refractivity contribution in [3.63, 3.8) is 0 Å². The first-order valence-electron chi connectivity index (χ1n) is 5.13. The third-order valence-corrected chi connectivity index (χ3v) is 3.47. The highest BCUT2D eigenvalue weighted by molar-refractivity contribution is 7.19. The molecule has 2 rings (SSSR count). The van der Waals surface area contributed by atoms with Crippen LogP contribution >= 0.6 is 22.9 Å². The highest BCUT2D eigenvalue weighted by atomic mass is 35.5. The number of aryl methyl sites for hydroxylation is 1. The number of ether oxygens (including phenoxy) is 1. The Morgan fingerprint density at radius 2 is 2.17 bits per heavy atom. The third-order valence-electron chi connectivity index (χ3n) is 2.32. The van der Waals surface area contributed by atoms with Crippen LogP contribution in [-0.2, 0) is 4.74 Å². The number of hydrogen-bond acceptors (Lipinski definition) is 5. The van der Waals surface area contributed by atoms with Gasteiger partial charge < -0.3 is 10.5 Å². The minimum Gasteiger partial charge on any atom is -0.464 e. The van der Waals surface area contributed by atoms with Crippen molar-refractivity contribution in [2.75, 3.05) is 12.8 Å². The van der Waals surface area contributed by atoms with Gasteiger partial charge in [0, 0.05) is 10.6 Å². The SMILES string of the molecule is COC(=O)c1nc(-c2cc(C)cc(Cl)c2)sc1N. The summed E-state index contributed by atoms with van der Waals surface area (Å²) >= 11 is 7.23. The summed E-state index contributed by atoms with van der Waals surface area (Å²) in [4.78, 5) is 15.6. The maximum atomic E-state index is 11.4. The lowest BCUT2D eigenvalue weighted by molar-refractivity contribution is 0.0596. The molecular formula is C12H11ClN2O2S. The van der Waals surface area contributed by atoms with Gasteiger partial charge in [-0.3, -0.25) is 0 Å². The quantitative estimate of drug-likeness (QED) is 0.860. The van der Waals surface area contributed by atoms with E-state index in [0.29, 0.717) is 15.0 Å². The van der Waals surface area contributed by atoms with Crippen molar-refractivity contribution in [2.45, 2.75) is 6.92 Å². The molecule has 0 saturated carbocycles. The molecule has 1 heterocycles. The summed E-state index contributed by atoms with van der Waals surface area (Å²) in [5.74, 6) is -0.534. The van der Waals surface area contributed by atoms with E-state index < -0.39 is 5.97 Å². The molecule has 94 valence electrons. The first kappa shape index (κ1) is 12.9. The van der Waals surface area contributed by atoms with Crippen molar-refractivity contribution in [1.82, 2.24) is 4.98 Å². The molecule has 0 saturated heterocycles. The zero-order valence-electron chi connectivity index (χ0n) is 9.86. The van der Waals surface area contributed by atoms with Crippen molar-refractivity contribution in [2.24, 2.45) is 0 Å². The number of hydrogen-bond donors (Lipinski definition) is 1. The molecule has 2 aromatic rings. The van der Waals surface area contributed by atoms with E-state index in [1.165, 1.54) is 18.4 Å². The number of carbonyl (C=O) groups is 1. The van der Waals surface area contributed by atoms with E-state index in [1.54, 1.807) is 6.07 Å². The number of nitrogen functional groups attached to an aromatic ring is 1. The molecule has 0 atom stereocenters. The molecule has 1 aromatic carbocycles. The Morgan fingerprint density at radius 1 is 1.44 bits per heavy atom. The smallest absolute Gasteiger partial charge is 0.359 e. The van der Waals surface area contributed by atoms with Crippen LogP contribution in [0.1, 0.15) is 16.1 Å². The summed E-state index contributed by atoms with van der Waals surface area (Å²) in [6, 6.07) is 5.57. The molecule has 0 fully saturated rings. The molecule has 18 heavy (non-hydrogen) atoms. The standard InChI is InChI=1S/C12H11ClN2O2S/c1-6-3-7(5-8(13)4-6)11-15-9(10(14)18-11)12(16)17-2/h3-5H,14H2,1-2H3. The summed E-state index contributed by atoms with van der Waals surface area (Å²) in [6.45, 7) is 1.94. The molecule has 4 nitrogen and oxygen atoms in total. The van der Waals surface area contributed by atoms with Gasteiger partial charge in [-0.15, -0.1) is 0 Å². The topological polar surface area (TPSA) is 65.2 Å². The Kier molecular flexibility index (Phi) is 3.54. The van der Waals surface area contributed by atoms with Gasteiger partial charge in [0.1, 0.15) is 10.0 Å². The molecule has 0 bridgehead atoms. The zero-order valence-corrected chi connectivity index (χ0v) is 11.4. The van der Waals surface area contributed by atoms with E-state index in [1.807, 2.05) is 19.1 Å². The number of halogens is 1. The maximum absolute atomic E-state index is 11.4. The van der Waals surface area contributed by atoms with E-state index in [4.69, 9.17) is 17.3 Å². The number of nitrogens with zero attached hydrogens (tertiary/aromatic N) is 1. The minimum absolute atomic E-state index is 0.148. The first-order valence-corrected chi connectivity index (χ1v) is 6.33. The van der Waals surface area contributed by atoms with Crippen molar-refractivity contribution >= 4 is 33.9 Å². The molecule has 0 spiro atoms. The molecule has 0 aliphatic rings. The number of methoxy groups -OCH3 is 1. The summed E-state index contributed by atoms with van der Waals surface area (Å²) in [7, 11) is 1.30. The van der Waals surface area contributed by atoms with Crippen LogP contribution in [0.15, 0.2) is 18.2 Å².